The Kier molecular flexibility index (Phi) is 4.38. The largest absolute Gasteiger partial charge is 0.321 e. The van der Waals surface area contributed by atoms with E-state index in [9.17, 15) is 9.18 Å². The van der Waals surface area contributed by atoms with Crippen LogP contribution < -0.4 is 5.32 Å². The van der Waals surface area contributed by atoms with Crippen molar-refractivity contribution in [3.05, 3.63) is 49.4 Å². The molecule has 6 heteroatoms. The maximum Gasteiger partial charge on any atom is 0.265 e. The summed E-state index contributed by atoms with van der Waals surface area (Å²) >= 11 is 6.61. The van der Waals surface area contributed by atoms with Gasteiger partial charge in [-0.3, -0.25) is 4.79 Å². The number of nitrogens with one attached hydrogen (secondary N) is 1. The third-order valence-electron chi connectivity index (χ3n) is 3.37. The molecular formula is C15H13BrFNOS2. The average molecular weight is 386 g/mol. The fourth-order valence-corrected chi connectivity index (χ4v) is 4.83. The Hall–Kier alpha value is -0.850. The van der Waals surface area contributed by atoms with Crippen LogP contribution in [0.2, 0.25) is 0 Å². The zero-order chi connectivity index (χ0) is 15.0. The summed E-state index contributed by atoms with van der Waals surface area (Å²) in [6.45, 7) is 1.78. The number of hydrogen-bond acceptors (Lipinski definition) is 3. The second-order valence-electron chi connectivity index (χ2n) is 4.90. The van der Waals surface area contributed by atoms with E-state index in [1.807, 2.05) is 17.8 Å². The molecular weight excluding hydrogens is 373 g/mol. The Bertz CT molecular complexity index is 690. The molecule has 2 heterocycles. The van der Waals surface area contributed by atoms with E-state index in [1.165, 1.54) is 16.5 Å². The molecule has 0 saturated heterocycles. The highest BCUT2D eigenvalue weighted by Gasteiger charge is 2.18. The zero-order valence-electron chi connectivity index (χ0n) is 11.3. The highest BCUT2D eigenvalue weighted by Crippen LogP contribution is 2.32. The molecule has 0 spiro atoms. The first-order chi connectivity index (χ1) is 10.0. The van der Waals surface area contributed by atoms with Crippen LogP contribution >= 0.6 is 39.0 Å². The van der Waals surface area contributed by atoms with Crippen molar-refractivity contribution in [3.63, 3.8) is 0 Å². The first-order valence-corrected chi connectivity index (χ1v) is 9.27. The minimum absolute atomic E-state index is 0.124. The molecule has 1 N–H and O–H groups in total. The van der Waals surface area contributed by atoms with Gasteiger partial charge in [-0.15, -0.1) is 11.3 Å². The van der Waals surface area contributed by atoms with E-state index in [2.05, 4.69) is 21.2 Å². The number of amides is 1. The molecule has 0 fully saturated rings. The van der Waals surface area contributed by atoms with Gasteiger partial charge in [0.05, 0.1) is 9.35 Å². The molecule has 2 nitrogen and oxygen atoms in total. The first-order valence-electron chi connectivity index (χ1n) is 6.51. The van der Waals surface area contributed by atoms with Crippen LogP contribution in [0, 0.1) is 12.7 Å². The highest BCUT2D eigenvalue weighted by molar-refractivity contribution is 9.10. The van der Waals surface area contributed by atoms with Crippen LogP contribution in [0.15, 0.2) is 22.7 Å². The summed E-state index contributed by atoms with van der Waals surface area (Å²) in [4.78, 5) is 14.4. The van der Waals surface area contributed by atoms with Crippen LogP contribution in [-0.2, 0) is 12.2 Å². The minimum Gasteiger partial charge on any atom is -0.321 e. The predicted octanol–water partition coefficient (Wildman–Crippen LogP) is 5.00. The van der Waals surface area contributed by atoms with Crippen LogP contribution in [-0.4, -0.2) is 11.7 Å². The Balaban J connectivity index is 1.83. The quantitative estimate of drug-likeness (QED) is 0.787. The Morgan fingerprint density at radius 1 is 1.38 bits per heavy atom. The van der Waals surface area contributed by atoms with Crippen molar-refractivity contribution in [2.75, 3.05) is 11.1 Å². The highest BCUT2D eigenvalue weighted by atomic mass is 79.9. The van der Waals surface area contributed by atoms with E-state index in [4.69, 9.17) is 0 Å². The fraction of sp³-hybridized carbons (Fsp3) is 0.267. The smallest absolute Gasteiger partial charge is 0.265 e. The molecule has 0 radical (unpaired) electrons. The van der Waals surface area contributed by atoms with Gasteiger partial charge < -0.3 is 5.32 Å². The number of carbonyl (C=O) groups is 1. The van der Waals surface area contributed by atoms with E-state index in [0.29, 0.717) is 15.7 Å². The molecule has 0 bridgehead atoms. The van der Waals surface area contributed by atoms with Crippen LogP contribution in [0.3, 0.4) is 0 Å². The topological polar surface area (TPSA) is 29.1 Å². The molecule has 1 aliphatic rings. The normalized spacial score (nSPS) is 13.9. The fourth-order valence-electron chi connectivity index (χ4n) is 2.22. The van der Waals surface area contributed by atoms with Gasteiger partial charge in [0.15, 0.2) is 0 Å². The lowest BCUT2D eigenvalue weighted by Gasteiger charge is -2.08. The summed E-state index contributed by atoms with van der Waals surface area (Å²) in [7, 11) is 0. The maximum atomic E-state index is 13.4. The molecule has 1 aromatic carbocycles. The maximum absolute atomic E-state index is 13.4. The summed E-state index contributed by atoms with van der Waals surface area (Å²) in [5.74, 6) is 1.66. The number of benzene rings is 1. The van der Waals surface area contributed by atoms with Gasteiger partial charge in [0.25, 0.3) is 5.91 Å². The van der Waals surface area contributed by atoms with Gasteiger partial charge in [0.2, 0.25) is 0 Å². The van der Waals surface area contributed by atoms with Crippen molar-refractivity contribution < 1.29 is 9.18 Å². The van der Waals surface area contributed by atoms with Gasteiger partial charge in [0.1, 0.15) is 5.82 Å². The number of fused-ring (bicyclic) bond motifs is 1. The summed E-state index contributed by atoms with van der Waals surface area (Å²) < 4.78 is 13.8. The third kappa shape index (κ3) is 3.17. The summed E-state index contributed by atoms with van der Waals surface area (Å²) in [6.07, 6.45) is 1.04. The van der Waals surface area contributed by atoms with Crippen LogP contribution in [0.5, 0.6) is 0 Å². The molecule has 0 saturated carbocycles. The molecule has 2 aromatic rings. The number of thiophene rings is 1. The predicted molar refractivity (Wildman–Crippen MR) is 91.0 cm³/mol. The molecule has 110 valence electrons. The molecule has 0 unspecified atom stereocenters. The number of aryl methyl sites for hydroxylation is 2. The van der Waals surface area contributed by atoms with Crippen molar-refractivity contribution in [1.29, 1.82) is 0 Å². The SMILES string of the molecule is Cc1cc(F)c(Br)cc1NC(=O)c1cc2c(s1)CCSC2. The Morgan fingerprint density at radius 2 is 2.19 bits per heavy atom. The molecule has 1 aromatic heterocycles. The number of halogens is 2. The van der Waals surface area contributed by atoms with E-state index < -0.39 is 0 Å². The van der Waals surface area contributed by atoms with Gasteiger partial charge in [-0.2, -0.15) is 11.8 Å². The standard InChI is InChI=1S/C15H13BrFNOS2/c1-8-4-11(17)10(16)6-12(8)18-15(19)14-5-9-7-20-3-2-13(9)21-14/h4-6H,2-3,7H2,1H3,(H,18,19). The molecule has 0 atom stereocenters. The summed E-state index contributed by atoms with van der Waals surface area (Å²) in [5, 5.41) is 2.87. The second kappa shape index (κ2) is 6.10. The van der Waals surface area contributed by atoms with Crippen molar-refractivity contribution in [3.8, 4) is 0 Å². The Labute approximate surface area is 139 Å². The van der Waals surface area contributed by atoms with E-state index in [-0.39, 0.29) is 11.7 Å². The van der Waals surface area contributed by atoms with Crippen molar-refractivity contribution in [2.45, 2.75) is 19.1 Å². The third-order valence-corrected chi connectivity index (χ3v) is 6.22. The summed E-state index contributed by atoms with van der Waals surface area (Å²) in [6, 6.07) is 5.00. The van der Waals surface area contributed by atoms with Crippen molar-refractivity contribution in [2.24, 2.45) is 0 Å². The Morgan fingerprint density at radius 3 is 2.95 bits per heavy atom. The van der Waals surface area contributed by atoms with Gasteiger partial charge in [0, 0.05) is 16.3 Å². The lowest BCUT2D eigenvalue weighted by molar-refractivity contribution is 0.103. The van der Waals surface area contributed by atoms with Crippen molar-refractivity contribution in [1.82, 2.24) is 0 Å². The van der Waals surface area contributed by atoms with E-state index in [1.54, 1.807) is 24.3 Å². The molecule has 3 rings (SSSR count). The number of anilines is 1. The minimum atomic E-state index is -0.325. The van der Waals surface area contributed by atoms with Gasteiger partial charge in [-0.05, 0) is 64.4 Å². The number of carbonyl (C=O) groups excluding carboxylic acids is 1. The molecule has 0 aliphatic carbocycles. The second-order valence-corrected chi connectivity index (χ2v) is 7.99. The van der Waals surface area contributed by atoms with Gasteiger partial charge >= 0.3 is 0 Å². The van der Waals surface area contributed by atoms with Gasteiger partial charge in [-0.1, -0.05) is 0 Å². The molecule has 1 amide bonds. The van der Waals surface area contributed by atoms with Gasteiger partial charge in [-0.25, -0.2) is 4.39 Å². The number of rotatable bonds is 2. The van der Waals surface area contributed by atoms with E-state index >= 15 is 0 Å². The van der Waals surface area contributed by atoms with E-state index in [0.717, 1.165) is 22.8 Å². The van der Waals surface area contributed by atoms with Crippen LogP contribution in [0.4, 0.5) is 10.1 Å². The average Bonchev–Trinajstić information content (AvgIpc) is 2.88. The van der Waals surface area contributed by atoms with Crippen molar-refractivity contribution >= 4 is 50.6 Å². The van der Waals surface area contributed by atoms with Crippen LogP contribution in [0.1, 0.15) is 25.7 Å². The lowest BCUT2D eigenvalue weighted by atomic mass is 10.2. The summed E-state index contributed by atoms with van der Waals surface area (Å²) in [5.41, 5.74) is 2.62. The lowest BCUT2D eigenvalue weighted by Crippen LogP contribution is -2.11. The number of hydrogen-bond donors (Lipinski definition) is 1. The zero-order valence-corrected chi connectivity index (χ0v) is 14.6. The molecule has 21 heavy (non-hydrogen) atoms. The van der Waals surface area contributed by atoms with Crippen LogP contribution in [0.25, 0.3) is 0 Å². The number of thioether (sulfide) groups is 1. The molecule has 1 aliphatic heterocycles. The monoisotopic (exact) mass is 385 g/mol. The first kappa shape index (κ1) is 15.1.